The highest BCUT2D eigenvalue weighted by atomic mass is 79.9. The molecular weight excluding hydrogens is 265 g/mol. The molecule has 2 rings (SSSR count). The van der Waals surface area contributed by atoms with Crippen LogP contribution in [0, 0.1) is 5.82 Å². The van der Waals surface area contributed by atoms with Gasteiger partial charge in [-0.25, -0.2) is 4.39 Å². The van der Waals surface area contributed by atoms with Gasteiger partial charge < -0.3 is 10.0 Å². The normalized spacial score (nSPS) is 21.1. The summed E-state index contributed by atoms with van der Waals surface area (Å²) in [5.41, 5.74) is 0.595. The molecule has 0 spiro atoms. The Balaban J connectivity index is 2.34. The Hall–Kier alpha value is -0.940. The predicted octanol–water partition coefficient (Wildman–Crippen LogP) is 1.69. The number of rotatable bonds is 1. The molecule has 1 amide bonds. The molecule has 1 saturated heterocycles. The predicted molar refractivity (Wildman–Crippen MR) is 57.1 cm³/mol. The van der Waals surface area contributed by atoms with Crippen molar-refractivity contribution in [3.8, 4) is 0 Å². The van der Waals surface area contributed by atoms with E-state index in [0.29, 0.717) is 10.2 Å². The molecule has 1 N–H and O–H groups in total. The number of hydrogen-bond donors (Lipinski definition) is 1. The molecule has 0 aromatic heterocycles. The number of carbonyl (C=O) groups excluding carboxylic acids is 1. The molecule has 1 aliphatic heterocycles. The second kappa shape index (κ2) is 3.90. The van der Waals surface area contributed by atoms with Gasteiger partial charge in [0.2, 0.25) is 5.91 Å². The van der Waals surface area contributed by atoms with Crippen molar-refractivity contribution in [1.29, 1.82) is 0 Å². The van der Waals surface area contributed by atoms with E-state index in [1.807, 2.05) is 0 Å². The van der Waals surface area contributed by atoms with Crippen molar-refractivity contribution < 1.29 is 14.3 Å². The number of benzene rings is 1. The summed E-state index contributed by atoms with van der Waals surface area (Å²) in [6.07, 6.45) is -0.501. The van der Waals surface area contributed by atoms with Crippen LogP contribution in [0.2, 0.25) is 0 Å². The Bertz CT molecular complexity index is 410. The average Bonchev–Trinajstić information content (AvgIpc) is 2.45. The zero-order valence-corrected chi connectivity index (χ0v) is 9.37. The van der Waals surface area contributed by atoms with Crippen molar-refractivity contribution in [3.63, 3.8) is 0 Å². The number of β-amino-alcohol motifs (C(OH)–C–C–N with tert-alkyl or cyclic N) is 1. The van der Waals surface area contributed by atoms with Gasteiger partial charge in [-0.2, -0.15) is 0 Å². The van der Waals surface area contributed by atoms with E-state index in [9.17, 15) is 14.3 Å². The van der Waals surface area contributed by atoms with Crippen LogP contribution in [0.25, 0.3) is 0 Å². The highest BCUT2D eigenvalue weighted by molar-refractivity contribution is 9.10. The van der Waals surface area contributed by atoms with Crippen LogP contribution in [0.3, 0.4) is 0 Å². The van der Waals surface area contributed by atoms with Crippen LogP contribution < -0.4 is 4.90 Å². The first-order valence-corrected chi connectivity index (χ1v) is 5.30. The first kappa shape index (κ1) is 10.6. The molecule has 3 nitrogen and oxygen atoms in total. The van der Waals surface area contributed by atoms with E-state index in [-0.39, 0.29) is 24.7 Å². The molecule has 0 saturated carbocycles. The lowest BCUT2D eigenvalue weighted by Gasteiger charge is -2.17. The lowest BCUT2D eigenvalue weighted by atomic mass is 10.3. The Morgan fingerprint density at radius 1 is 1.53 bits per heavy atom. The Labute approximate surface area is 94.6 Å². The van der Waals surface area contributed by atoms with Gasteiger partial charge in [0.1, 0.15) is 5.82 Å². The van der Waals surface area contributed by atoms with Crippen molar-refractivity contribution in [1.82, 2.24) is 0 Å². The van der Waals surface area contributed by atoms with Crippen LogP contribution in [0.5, 0.6) is 0 Å². The van der Waals surface area contributed by atoms with Gasteiger partial charge in [0.05, 0.1) is 24.8 Å². The Morgan fingerprint density at radius 2 is 2.27 bits per heavy atom. The number of hydrogen-bond acceptors (Lipinski definition) is 2. The highest BCUT2D eigenvalue weighted by Crippen LogP contribution is 2.30. The molecule has 15 heavy (non-hydrogen) atoms. The lowest BCUT2D eigenvalue weighted by molar-refractivity contribution is -0.117. The zero-order valence-electron chi connectivity index (χ0n) is 7.78. The molecular formula is C10H9BrFNO2. The molecule has 1 heterocycles. The molecule has 80 valence electrons. The van der Waals surface area contributed by atoms with E-state index >= 15 is 0 Å². The van der Waals surface area contributed by atoms with E-state index < -0.39 is 6.10 Å². The smallest absolute Gasteiger partial charge is 0.229 e. The molecule has 5 heteroatoms. The number of anilines is 1. The van der Waals surface area contributed by atoms with Gasteiger partial charge in [0.15, 0.2) is 0 Å². The molecule has 1 atom stereocenters. The number of aliphatic hydroxyl groups is 1. The monoisotopic (exact) mass is 273 g/mol. The summed E-state index contributed by atoms with van der Waals surface area (Å²) in [5, 5.41) is 9.32. The topological polar surface area (TPSA) is 40.5 Å². The average molecular weight is 274 g/mol. The second-order valence-electron chi connectivity index (χ2n) is 3.46. The standard InChI is InChI=1S/C10H9BrFNO2/c11-8-3-6(12)1-2-9(8)13-5-7(14)4-10(13)15/h1-3,7,14H,4-5H2. The molecule has 1 aromatic rings. The van der Waals surface area contributed by atoms with Crippen LogP contribution in [0.1, 0.15) is 6.42 Å². The van der Waals surface area contributed by atoms with Gasteiger partial charge in [-0.15, -0.1) is 0 Å². The fraction of sp³-hybridized carbons (Fsp3) is 0.300. The summed E-state index contributed by atoms with van der Waals surface area (Å²) in [5.74, 6) is -0.507. The first-order valence-electron chi connectivity index (χ1n) is 4.51. The van der Waals surface area contributed by atoms with Crippen LogP contribution in [0.15, 0.2) is 22.7 Å². The molecule has 1 aliphatic rings. The minimum Gasteiger partial charge on any atom is -0.391 e. The number of nitrogens with zero attached hydrogens (tertiary/aromatic N) is 1. The Morgan fingerprint density at radius 3 is 2.80 bits per heavy atom. The van der Waals surface area contributed by atoms with Crippen molar-refractivity contribution in [2.24, 2.45) is 0 Å². The highest BCUT2D eigenvalue weighted by Gasteiger charge is 2.30. The minimum atomic E-state index is -0.630. The van der Waals surface area contributed by atoms with E-state index in [0.717, 1.165) is 0 Å². The maximum atomic E-state index is 12.8. The van der Waals surface area contributed by atoms with E-state index in [2.05, 4.69) is 15.9 Å². The van der Waals surface area contributed by atoms with Crippen LogP contribution in [-0.2, 0) is 4.79 Å². The largest absolute Gasteiger partial charge is 0.391 e. The van der Waals surface area contributed by atoms with Crippen molar-refractivity contribution in [3.05, 3.63) is 28.5 Å². The fourth-order valence-electron chi connectivity index (χ4n) is 1.62. The third-order valence-electron chi connectivity index (χ3n) is 2.31. The minimum absolute atomic E-state index is 0.129. The van der Waals surface area contributed by atoms with Crippen molar-refractivity contribution in [2.45, 2.75) is 12.5 Å². The molecule has 1 aromatic carbocycles. The quantitative estimate of drug-likeness (QED) is 0.846. The van der Waals surface area contributed by atoms with Crippen LogP contribution in [-0.4, -0.2) is 23.7 Å². The molecule has 0 aliphatic carbocycles. The SMILES string of the molecule is O=C1CC(O)CN1c1ccc(F)cc1Br. The zero-order chi connectivity index (χ0) is 11.0. The van der Waals surface area contributed by atoms with Gasteiger partial charge in [-0.05, 0) is 34.1 Å². The van der Waals surface area contributed by atoms with Gasteiger partial charge in [0, 0.05) is 4.47 Å². The molecule has 1 unspecified atom stereocenters. The number of halogens is 2. The molecule has 0 bridgehead atoms. The van der Waals surface area contributed by atoms with Crippen molar-refractivity contribution >= 4 is 27.5 Å². The number of carbonyl (C=O) groups is 1. The second-order valence-corrected chi connectivity index (χ2v) is 4.31. The third kappa shape index (κ3) is 2.03. The third-order valence-corrected chi connectivity index (χ3v) is 2.94. The fourth-order valence-corrected chi connectivity index (χ4v) is 2.19. The van der Waals surface area contributed by atoms with Crippen LogP contribution >= 0.6 is 15.9 Å². The summed E-state index contributed by atoms with van der Waals surface area (Å²) in [6.45, 7) is 0.267. The summed E-state index contributed by atoms with van der Waals surface area (Å²) in [7, 11) is 0. The van der Waals surface area contributed by atoms with Crippen molar-refractivity contribution in [2.75, 3.05) is 11.4 Å². The lowest BCUT2D eigenvalue weighted by Crippen LogP contribution is -2.25. The summed E-state index contributed by atoms with van der Waals surface area (Å²) in [6, 6.07) is 4.11. The number of amides is 1. The maximum Gasteiger partial charge on any atom is 0.229 e. The molecule has 1 fully saturated rings. The van der Waals surface area contributed by atoms with E-state index in [4.69, 9.17) is 0 Å². The van der Waals surface area contributed by atoms with Gasteiger partial charge in [-0.1, -0.05) is 0 Å². The van der Waals surface area contributed by atoms with Gasteiger partial charge in [-0.3, -0.25) is 4.79 Å². The summed E-state index contributed by atoms with van der Waals surface area (Å²) in [4.78, 5) is 12.9. The van der Waals surface area contributed by atoms with E-state index in [1.54, 1.807) is 0 Å². The molecule has 0 radical (unpaired) electrons. The number of aliphatic hydroxyl groups excluding tert-OH is 1. The summed E-state index contributed by atoms with van der Waals surface area (Å²) >= 11 is 3.19. The first-order chi connectivity index (χ1) is 7.08. The summed E-state index contributed by atoms with van der Waals surface area (Å²) < 4.78 is 13.3. The Kier molecular flexibility index (Phi) is 2.75. The van der Waals surface area contributed by atoms with E-state index in [1.165, 1.54) is 23.1 Å². The maximum absolute atomic E-state index is 12.8. The van der Waals surface area contributed by atoms with Gasteiger partial charge in [0.25, 0.3) is 0 Å². The van der Waals surface area contributed by atoms with Crippen LogP contribution in [0.4, 0.5) is 10.1 Å². The van der Waals surface area contributed by atoms with Gasteiger partial charge >= 0.3 is 0 Å².